The Kier molecular flexibility index (Phi) is 2.56. The van der Waals surface area contributed by atoms with Crippen molar-refractivity contribution in [2.24, 2.45) is 5.11 Å². The van der Waals surface area contributed by atoms with E-state index in [1.54, 1.807) is 0 Å². The van der Waals surface area contributed by atoms with E-state index in [2.05, 4.69) is 5.11 Å². The number of aromatic hydroxyl groups is 1. The number of benzene rings is 1. The highest BCUT2D eigenvalue weighted by Crippen LogP contribution is 2.39. The Morgan fingerprint density at radius 1 is 1.27 bits per heavy atom. The predicted octanol–water partition coefficient (Wildman–Crippen LogP) is 1.87. The minimum atomic E-state index is -0.989. The first-order valence-electron chi connectivity index (χ1n) is 3.50. The van der Waals surface area contributed by atoms with Crippen molar-refractivity contribution >= 4 is 17.1 Å². The summed E-state index contributed by atoms with van der Waals surface area (Å²) in [5, 5.41) is 32.7. The summed E-state index contributed by atoms with van der Waals surface area (Å²) in [6, 6.07) is 1.37. The van der Waals surface area contributed by atoms with Gasteiger partial charge < -0.3 is 5.11 Å². The molecule has 0 heterocycles. The lowest BCUT2D eigenvalue weighted by Crippen LogP contribution is -1.93. The molecule has 0 aliphatic carbocycles. The predicted molar refractivity (Wildman–Crippen MR) is 46.2 cm³/mol. The van der Waals surface area contributed by atoms with Crippen molar-refractivity contribution in [3.63, 3.8) is 0 Å². The molecule has 15 heavy (non-hydrogen) atoms. The van der Waals surface area contributed by atoms with Crippen LogP contribution in [0, 0.1) is 25.8 Å². The molecule has 0 aliphatic heterocycles. The summed E-state index contributed by atoms with van der Waals surface area (Å²) in [5.74, 6) is -0.861. The van der Waals surface area contributed by atoms with Gasteiger partial charge >= 0.3 is 5.69 Å². The van der Waals surface area contributed by atoms with Crippen LogP contribution in [0.4, 0.5) is 17.1 Å². The fourth-order valence-electron chi connectivity index (χ4n) is 0.920. The molecule has 0 saturated heterocycles. The summed E-state index contributed by atoms with van der Waals surface area (Å²) in [6.45, 7) is 0. The third kappa shape index (κ3) is 1.85. The standard InChI is InChI=1S/C6H4N4O5/c7-8-4-1-3(9(12)13)2-5(6(4)11)10(14)15/h1-2,7,11H. The van der Waals surface area contributed by atoms with Gasteiger partial charge in [0.1, 0.15) is 5.69 Å². The van der Waals surface area contributed by atoms with Crippen LogP contribution in [0.2, 0.25) is 0 Å². The van der Waals surface area contributed by atoms with Crippen molar-refractivity contribution in [1.82, 2.24) is 0 Å². The van der Waals surface area contributed by atoms with Gasteiger partial charge in [-0.25, -0.2) is 5.53 Å². The van der Waals surface area contributed by atoms with Gasteiger partial charge in [-0.3, -0.25) is 20.2 Å². The summed E-state index contributed by atoms with van der Waals surface area (Å²) in [4.78, 5) is 18.9. The SMILES string of the molecule is N=Nc1cc([N+](=O)[O-])cc([N+](=O)[O-])c1O. The molecule has 0 atom stereocenters. The summed E-state index contributed by atoms with van der Waals surface area (Å²) in [5.41, 5.74) is 4.60. The van der Waals surface area contributed by atoms with Crippen molar-refractivity contribution in [2.75, 3.05) is 0 Å². The number of nitro benzene ring substituents is 2. The van der Waals surface area contributed by atoms with Gasteiger partial charge in [-0.1, -0.05) is 0 Å². The largest absolute Gasteiger partial charge is 0.501 e. The van der Waals surface area contributed by atoms with Crippen LogP contribution in [-0.4, -0.2) is 15.0 Å². The molecule has 0 spiro atoms. The normalized spacial score (nSPS) is 9.60. The van der Waals surface area contributed by atoms with Gasteiger partial charge in [0.25, 0.3) is 5.69 Å². The molecule has 1 aromatic carbocycles. The fraction of sp³-hybridized carbons (Fsp3) is 0. The molecule has 0 bridgehead atoms. The molecule has 0 radical (unpaired) electrons. The summed E-state index contributed by atoms with van der Waals surface area (Å²) >= 11 is 0. The Morgan fingerprint density at radius 2 is 1.87 bits per heavy atom. The second-order valence-corrected chi connectivity index (χ2v) is 2.46. The molecular weight excluding hydrogens is 208 g/mol. The van der Waals surface area contributed by atoms with E-state index < -0.39 is 32.7 Å². The Morgan fingerprint density at radius 3 is 2.27 bits per heavy atom. The van der Waals surface area contributed by atoms with Crippen molar-refractivity contribution in [2.45, 2.75) is 0 Å². The number of hydrogen-bond donors (Lipinski definition) is 2. The van der Waals surface area contributed by atoms with Crippen LogP contribution in [0.1, 0.15) is 0 Å². The highest BCUT2D eigenvalue weighted by molar-refractivity contribution is 5.67. The van der Waals surface area contributed by atoms with Gasteiger partial charge in [0.2, 0.25) is 5.75 Å². The van der Waals surface area contributed by atoms with Crippen LogP contribution in [0.5, 0.6) is 5.75 Å². The molecule has 1 rings (SSSR count). The second kappa shape index (κ2) is 3.65. The van der Waals surface area contributed by atoms with Gasteiger partial charge in [0.15, 0.2) is 0 Å². The van der Waals surface area contributed by atoms with Crippen molar-refractivity contribution in [3.8, 4) is 5.75 Å². The van der Waals surface area contributed by atoms with Crippen molar-refractivity contribution in [1.29, 1.82) is 5.53 Å². The first kappa shape index (κ1) is 10.5. The molecule has 9 nitrogen and oxygen atoms in total. The summed E-state index contributed by atoms with van der Waals surface area (Å²) in [7, 11) is 0. The minimum absolute atomic E-state index is 0.518. The fourth-order valence-corrected chi connectivity index (χ4v) is 0.920. The summed E-state index contributed by atoms with van der Waals surface area (Å²) < 4.78 is 0. The van der Waals surface area contributed by atoms with Crippen LogP contribution >= 0.6 is 0 Å². The van der Waals surface area contributed by atoms with E-state index in [1.807, 2.05) is 0 Å². The number of phenols is 1. The molecule has 0 amide bonds. The zero-order chi connectivity index (χ0) is 11.6. The second-order valence-electron chi connectivity index (χ2n) is 2.46. The van der Waals surface area contributed by atoms with Crippen LogP contribution in [0.15, 0.2) is 17.2 Å². The first-order chi connectivity index (χ1) is 6.97. The molecule has 1 aromatic rings. The molecule has 0 fully saturated rings. The molecule has 0 aliphatic rings. The van der Waals surface area contributed by atoms with Gasteiger partial charge in [-0.2, -0.15) is 5.11 Å². The number of hydrogen-bond acceptors (Lipinski definition) is 7. The third-order valence-electron chi connectivity index (χ3n) is 1.58. The number of phenolic OH excluding ortho intramolecular Hbond substituents is 1. The van der Waals surface area contributed by atoms with E-state index >= 15 is 0 Å². The number of rotatable bonds is 3. The van der Waals surface area contributed by atoms with Crippen LogP contribution in [0.25, 0.3) is 0 Å². The van der Waals surface area contributed by atoms with E-state index in [1.165, 1.54) is 0 Å². The molecule has 0 saturated carbocycles. The topological polar surface area (TPSA) is 143 Å². The highest BCUT2D eigenvalue weighted by Gasteiger charge is 2.23. The zero-order valence-corrected chi connectivity index (χ0v) is 7.08. The Hall–Kier alpha value is -2.58. The lowest BCUT2D eigenvalue weighted by atomic mass is 10.2. The highest BCUT2D eigenvalue weighted by atomic mass is 16.6. The number of nitrogens with one attached hydrogen (secondary N) is 1. The van der Waals surface area contributed by atoms with E-state index in [0.717, 1.165) is 6.07 Å². The molecule has 78 valence electrons. The van der Waals surface area contributed by atoms with Gasteiger partial charge in [-0.05, 0) is 0 Å². The van der Waals surface area contributed by atoms with Gasteiger partial charge in [-0.15, -0.1) is 0 Å². The molecule has 2 N–H and O–H groups in total. The average molecular weight is 212 g/mol. The lowest BCUT2D eigenvalue weighted by Gasteiger charge is -1.98. The molecule has 0 unspecified atom stereocenters. The van der Waals surface area contributed by atoms with Crippen LogP contribution < -0.4 is 0 Å². The Balaban J connectivity index is 3.51. The van der Waals surface area contributed by atoms with E-state index in [4.69, 9.17) is 5.53 Å². The molecular formula is C6H4N4O5. The van der Waals surface area contributed by atoms with Crippen molar-refractivity contribution < 1.29 is 15.0 Å². The number of non-ortho nitro benzene ring substituents is 1. The van der Waals surface area contributed by atoms with E-state index in [0.29, 0.717) is 6.07 Å². The zero-order valence-electron chi connectivity index (χ0n) is 7.08. The quantitative estimate of drug-likeness (QED) is 0.446. The van der Waals surface area contributed by atoms with Crippen molar-refractivity contribution in [3.05, 3.63) is 32.4 Å². The maximum atomic E-state index is 10.4. The Bertz CT molecular complexity index is 457. The average Bonchev–Trinajstić information content (AvgIpc) is 2.17. The maximum Gasteiger partial charge on any atom is 0.319 e. The monoisotopic (exact) mass is 212 g/mol. The minimum Gasteiger partial charge on any atom is -0.501 e. The number of nitro groups is 2. The smallest absolute Gasteiger partial charge is 0.319 e. The van der Waals surface area contributed by atoms with E-state index in [-0.39, 0.29) is 0 Å². The summed E-state index contributed by atoms with van der Waals surface area (Å²) in [6.07, 6.45) is 0. The van der Waals surface area contributed by atoms with Gasteiger partial charge in [0.05, 0.1) is 15.9 Å². The molecule has 9 heteroatoms. The van der Waals surface area contributed by atoms with E-state index in [9.17, 15) is 25.3 Å². The third-order valence-corrected chi connectivity index (χ3v) is 1.58. The first-order valence-corrected chi connectivity index (χ1v) is 3.50. The van der Waals surface area contributed by atoms with Crippen LogP contribution in [0.3, 0.4) is 0 Å². The Labute approximate surface area is 81.8 Å². The molecule has 0 aromatic heterocycles. The lowest BCUT2D eigenvalue weighted by molar-refractivity contribution is -0.394. The van der Waals surface area contributed by atoms with Gasteiger partial charge in [0, 0.05) is 6.07 Å². The number of nitrogens with zero attached hydrogens (tertiary/aromatic N) is 3. The maximum absolute atomic E-state index is 10.4. The van der Waals surface area contributed by atoms with Crippen LogP contribution in [-0.2, 0) is 0 Å².